The molecule has 0 aliphatic heterocycles. The molecule has 142 valence electrons. The minimum atomic E-state index is 0.0326. The number of nitrogens with zero attached hydrogens (tertiary/aromatic N) is 3. The van der Waals surface area contributed by atoms with Gasteiger partial charge in [-0.1, -0.05) is 12.1 Å². The van der Waals surface area contributed by atoms with Gasteiger partial charge in [-0.3, -0.25) is 0 Å². The van der Waals surface area contributed by atoms with Crippen LogP contribution in [0.15, 0.2) is 39.5 Å². The highest BCUT2D eigenvalue weighted by Crippen LogP contribution is 2.21. The molecule has 2 rings (SSSR count). The zero-order valence-electron chi connectivity index (χ0n) is 16.2. The van der Waals surface area contributed by atoms with Crippen LogP contribution in [0.25, 0.3) is 0 Å². The predicted octanol–water partition coefficient (Wildman–Crippen LogP) is 4.17. The van der Waals surface area contributed by atoms with Crippen molar-refractivity contribution in [3.8, 4) is 0 Å². The highest BCUT2D eigenvalue weighted by atomic mass is 32.2. The molecule has 26 heavy (non-hydrogen) atoms. The minimum Gasteiger partial charge on any atom is -0.375 e. The van der Waals surface area contributed by atoms with Crippen molar-refractivity contribution in [2.45, 2.75) is 37.9 Å². The van der Waals surface area contributed by atoms with Crippen LogP contribution >= 0.6 is 23.1 Å². The van der Waals surface area contributed by atoms with Gasteiger partial charge in [-0.2, -0.15) is 0 Å². The summed E-state index contributed by atoms with van der Waals surface area (Å²) < 4.78 is 5.34. The lowest BCUT2D eigenvalue weighted by Crippen LogP contribution is -2.38. The second kappa shape index (κ2) is 10.5. The Morgan fingerprint density at radius 3 is 2.73 bits per heavy atom. The maximum absolute atomic E-state index is 5.34. The van der Waals surface area contributed by atoms with Gasteiger partial charge in [0, 0.05) is 31.0 Å². The number of guanidine groups is 1. The summed E-state index contributed by atoms with van der Waals surface area (Å²) in [5, 5.41) is 6.45. The summed E-state index contributed by atoms with van der Waals surface area (Å²) >= 11 is 3.39. The first kappa shape index (κ1) is 20.7. The molecule has 2 aromatic rings. The number of methoxy groups -OCH3 is 1. The van der Waals surface area contributed by atoms with Crippen molar-refractivity contribution in [2.24, 2.45) is 4.99 Å². The summed E-state index contributed by atoms with van der Waals surface area (Å²) in [6.07, 6.45) is 2.12. The zero-order chi connectivity index (χ0) is 18.9. The number of aromatic nitrogens is 1. The molecule has 0 saturated heterocycles. The third-order valence-electron chi connectivity index (χ3n) is 3.94. The molecule has 0 aliphatic rings. The Hall–Kier alpha value is -1.57. The Kier molecular flexibility index (Phi) is 8.41. The molecule has 1 N–H and O–H groups in total. The van der Waals surface area contributed by atoms with Crippen LogP contribution in [-0.4, -0.2) is 42.8 Å². The first-order valence-corrected chi connectivity index (χ1v) is 10.8. The number of thioether (sulfide) groups is 1. The molecular weight excluding hydrogens is 364 g/mol. The smallest absolute Gasteiger partial charge is 0.194 e. The molecule has 0 amide bonds. The van der Waals surface area contributed by atoms with Crippen molar-refractivity contribution in [3.05, 3.63) is 45.9 Å². The van der Waals surface area contributed by atoms with Gasteiger partial charge >= 0.3 is 0 Å². The Morgan fingerprint density at radius 1 is 1.38 bits per heavy atom. The molecule has 7 heteroatoms. The molecule has 5 nitrogen and oxygen atoms in total. The molecule has 1 unspecified atom stereocenters. The van der Waals surface area contributed by atoms with Crippen LogP contribution in [0.1, 0.15) is 36.2 Å². The topological polar surface area (TPSA) is 49.8 Å². The van der Waals surface area contributed by atoms with Crippen LogP contribution in [0, 0.1) is 0 Å². The van der Waals surface area contributed by atoms with Crippen LogP contribution in [0.2, 0.25) is 0 Å². The van der Waals surface area contributed by atoms with Crippen LogP contribution in [0.5, 0.6) is 0 Å². The molecule has 0 radical (unpaired) electrons. The van der Waals surface area contributed by atoms with E-state index in [1.165, 1.54) is 10.5 Å². The number of hydrogen-bond donors (Lipinski definition) is 1. The second-order valence-corrected chi connectivity index (χ2v) is 7.70. The van der Waals surface area contributed by atoms with E-state index in [2.05, 4.69) is 58.0 Å². The van der Waals surface area contributed by atoms with E-state index >= 15 is 0 Å². The predicted molar refractivity (Wildman–Crippen MR) is 112 cm³/mol. The van der Waals surface area contributed by atoms with E-state index in [4.69, 9.17) is 9.73 Å². The number of ether oxygens (including phenoxy) is 1. The first-order valence-electron chi connectivity index (χ1n) is 8.66. The second-order valence-electron chi connectivity index (χ2n) is 5.93. The zero-order valence-corrected chi connectivity index (χ0v) is 17.8. The summed E-state index contributed by atoms with van der Waals surface area (Å²) in [5.41, 5.74) is 2.24. The van der Waals surface area contributed by atoms with E-state index < -0.39 is 0 Å². The van der Waals surface area contributed by atoms with Gasteiger partial charge in [0.05, 0.1) is 18.8 Å². The molecule has 1 aromatic carbocycles. The van der Waals surface area contributed by atoms with Gasteiger partial charge in [0.2, 0.25) is 0 Å². The molecule has 1 heterocycles. The molecule has 0 fully saturated rings. The van der Waals surface area contributed by atoms with Gasteiger partial charge in [-0.05, 0) is 37.8 Å². The normalized spacial score (nSPS) is 12.9. The van der Waals surface area contributed by atoms with Crippen molar-refractivity contribution >= 4 is 29.1 Å². The molecule has 0 bridgehead atoms. The average Bonchev–Trinajstić information content (AvgIpc) is 3.13. The molecule has 0 saturated carbocycles. The van der Waals surface area contributed by atoms with Crippen LogP contribution < -0.4 is 5.32 Å². The monoisotopic (exact) mass is 392 g/mol. The van der Waals surface area contributed by atoms with Gasteiger partial charge < -0.3 is 15.0 Å². The van der Waals surface area contributed by atoms with Crippen LogP contribution in [0.4, 0.5) is 0 Å². The quantitative estimate of drug-likeness (QED) is 0.415. The lowest BCUT2D eigenvalue weighted by molar-refractivity contribution is 0.119. The van der Waals surface area contributed by atoms with Gasteiger partial charge in [-0.15, -0.1) is 23.1 Å². The summed E-state index contributed by atoms with van der Waals surface area (Å²) in [7, 11) is 3.75. The minimum absolute atomic E-state index is 0.0326. The van der Waals surface area contributed by atoms with Crippen LogP contribution in [0.3, 0.4) is 0 Å². The molecule has 0 spiro atoms. The number of benzene rings is 1. The Labute approximate surface area is 164 Å². The van der Waals surface area contributed by atoms with Crippen molar-refractivity contribution in [2.75, 3.05) is 27.0 Å². The Balaban J connectivity index is 2.03. The third kappa shape index (κ3) is 6.00. The molecule has 1 aromatic heterocycles. The number of rotatable bonds is 8. The highest BCUT2D eigenvalue weighted by molar-refractivity contribution is 7.98. The van der Waals surface area contributed by atoms with E-state index in [0.29, 0.717) is 13.1 Å². The highest BCUT2D eigenvalue weighted by Gasteiger charge is 2.12. The number of aliphatic imine (C=N–C) groups is 1. The van der Waals surface area contributed by atoms with E-state index in [1.54, 1.807) is 30.2 Å². The van der Waals surface area contributed by atoms with Crippen molar-refractivity contribution in [1.82, 2.24) is 15.2 Å². The maximum Gasteiger partial charge on any atom is 0.194 e. The lowest BCUT2D eigenvalue weighted by Gasteiger charge is -2.21. The Morgan fingerprint density at radius 2 is 2.12 bits per heavy atom. The molecule has 0 aliphatic carbocycles. The molecular formula is C19H28N4OS2. The van der Waals surface area contributed by atoms with E-state index in [9.17, 15) is 0 Å². The van der Waals surface area contributed by atoms with Gasteiger partial charge in [0.25, 0.3) is 0 Å². The van der Waals surface area contributed by atoms with E-state index in [-0.39, 0.29) is 6.10 Å². The van der Waals surface area contributed by atoms with Crippen molar-refractivity contribution in [1.29, 1.82) is 0 Å². The SMILES string of the molecule is CCNC(=NCc1ccc(SC)cc1)N(C)Cc1csc(C(C)OC)n1. The summed E-state index contributed by atoms with van der Waals surface area (Å²) in [6.45, 7) is 6.30. The fourth-order valence-electron chi connectivity index (χ4n) is 2.37. The van der Waals surface area contributed by atoms with E-state index in [1.807, 2.05) is 14.0 Å². The lowest BCUT2D eigenvalue weighted by atomic mass is 10.2. The standard InChI is InChI=1S/C19H28N4OS2/c1-6-20-19(21-11-15-7-9-17(25-5)10-8-15)23(3)12-16-13-26-18(22-16)14(2)24-4/h7-10,13-14H,6,11-12H2,1-5H3,(H,20,21). The van der Waals surface area contributed by atoms with Crippen molar-refractivity contribution in [3.63, 3.8) is 0 Å². The molecule has 1 atom stereocenters. The number of hydrogen-bond acceptors (Lipinski definition) is 5. The fraction of sp³-hybridized carbons (Fsp3) is 0.474. The number of thiazole rings is 1. The summed E-state index contributed by atoms with van der Waals surface area (Å²) in [4.78, 5) is 12.8. The van der Waals surface area contributed by atoms with Crippen LogP contribution in [-0.2, 0) is 17.8 Å². The van der Waals surface area contributed by atoms with E-state index in [0.717, 1.165) is 23.2 Å². The largest absolute Gasteiger partial charge is 0.375 e. The first-order chi connectivity index (χ1) is 12.6. The van der Waals surface area contributed by atoms with Crippen molar-refractivity contribution < 1.29 is 4.74 Å². The van der Waals surface area contributed by atoms with Gasteiger partial charge in [0.15, 0.2) is 5.96 Å². The Bertz CT molecular complexity index is 700. The number of nitrogens with one attached hydrogen (secondary N) is 1. The maximum atomic E-state index is 5.34. The third-order valence-corrected chi connectivity index (χ3v) is 5.74. The van der Waals surface area contributed by atoms with Gasteiger partial charge in [0.1, 0.15) is 11.1 Å². The summed E-state index contributed by atoms with van der Waals surface area (Å²) in [6, 6.07) is 8.55. The van der Waals surface area contributed by atoms with Gasteiger partial charge in [-0.25, -0.2) is 9.98 Å². The fourth-order valence-corrected chi connectivity index (χ4v) is 3.62. The average molecular weight is 393 g/mol. The summed E-state index contributed by atoms with van der Waals surface area (Å²) in [5.74, 6) is 0.885.